The van der Waals surface area contributed by atoms with Crippen molar-refractivity contribution in [2.45, 2.75) is 13.5 Å². The number of amides is 1. The predicted molar refractivity (Wildman–Crippen MR) is 98.1 cm³/mol. The Kier molecular flexibility index (Phi) is 7.59. The number of hydrogen-bond acceptors (Lipinski definition) is 4. The lowest BCUT2D eigenvalue weighted by molar-refractivity contribution is -0.153. The summed E-state index contributed by atoms with van der Waals surface area (Å²) in [5.74, 6) is -0.822. The van der Waals surface area contributed by atoms with E-state index in [1.807, 2.05) is 0 Å². The van der Waals surface area contributed by atoms with Crippen molar-refractivity contribution < 1.29 is 23.5 Å². The number of ether oxygens (including phenoxy) is 2. The van der Waals surface area contributed by atoms with E-state index in [1.54, 1.807) is 43.3 Å². The molecule has 0 heterocycles. The summed E-state index contributed by atoms with van der Waals surface area (Å²) in [5.41, 5.74) is 0.671. The minimum absolute atomic E-state index is 0.250. The van der Waals surface area contributed by atoms with E-state index in [4.69, 9.17) is 9.47 Å². The third kappa shape index (κ3) is 6.48. The fraction of sp³-hybridized carbons (Fsp3) is 0.263. The second-order valence-electron chi connectivity index (χ2n) is 5.44. The average Bonchev–Trinajstić information content (AvgIpc) is 2.63. The van der Waals surface area contributed by atoms with Gasteiger partial charge < -0.3 is 14.4 Å². The van der Waals surface area contributed by atoms with E-state index >= 15 is 0 Å². The van der Waals surface area contributed by atoms with Crippen LogP contribution in [0.3, 0.4) is 0 Å². The van der Waals surface area contributed by atoms with Gasteiger partial charge in [0.1, 0.15) is 11.6 Å². The second-order valence-corrected chi connectivity index (χ2v) is 6.36. The highest BCUT2D eigenvalue weighted by Gasteiger charge is 2.15. The monoisotopic (exact) mass is 423 g/mol. The number of likely N-dealkylation sites (N-methyl/N-ethyl adjacent to an activating group) is 1. The highest BCUT2D eigenvalue weighted by atomic mass is 79.9. The second kappa shape index (κ2) is 9.91. The number of carbonyl (C=O) groups is 2. The van der Waals surface area contributed by atoms with Crippen LogP contribution in [0.1, 0.15) is 12.5 Å². The van der Waals surface area contributed by atoms with Crippen LogP contribution in [0, 0.1) is 5.82 Å². The van der Waals surface area contributed by atoms with Gasteiger partial charge in [0.2, 0.25) is 0 Å². The maximum absolute atomic E-state index is 13.2. The first-order chi connectivity index (χ1) is 12.5. The van der Waals surface area contributed by atoms with Crippen LogP contribution in [0.4, 0.5) is 4.39 Å². The van der Waals surface area contributed by atoms with Gasteiger partial charge in [-0.05, 0) is 48.9 Å². The van der Waals surface area contributed by atoms with Crippen molar-refractivity contribution in [3.8, 4) is 5.75 Å². The van der Waals surface area contributed by atoms with Crippen LogP contribution >= 0.6 is 15.9 Å². The fourth-order valence-electron chi connectivity index (χ4n) is 2.18. The molecule has 138 valence electrons. The normalized spacial score (nSPS) is 10.3. The van der Waals surface area contributed by atoms with Gasteiger partial charge in [0.05, 0.1) is 0 Å². The Morgan fingerprint density at radius 1 is 1.12 bits per heavy atom. The third-order valence-electron chi connectivity index (χ3n) is 3.52. The number of rotatable bonds is 8. The van der Waals surface area contributed by atoms with Crippen LogP contribution in [0.25, 0.3) is 0 Å². The first kappa shape index (κ1) is 19.9. The molecule has 26 heavy (non-hydrogen) atoms. The van der Waals surface area contributed by atoms with Gasteiger partial charge in [-0.25, -0.2) is 9.18 Å². The molecule has 7 heteroatoms. The van der Waals surface area contributed by atoms with Gasteiger partial charge in [-0.1, -0.05) is 28.1 Å². The highest BCUT2D eigenvalue weighted by molar-refractivity contribution is 9.10. The van der Waals surface area contributed by atoms with Crippen molar-refractivity contribution in [2.24, 2.45) is 0 Å². The minimum Gasteiger partial charge on any atom is -0.482 e. The van der Waals surface area contributed by atoms with Crippen molar-refractivity contribution in [1.29, 1.82) is 0 Å². The minimum atomic E-state index is -0.636. The van der Waals surface area contributed by atoms with E-state index in [0.717, 1.165) is 4.47 Å². The molecule has 0 aliphatic carbocycles. The molecule has 0 aliphatic rings. The summed E-state index contributed by atoms with van der Waals surface area (Å²) in [6, 6.07) is 13.0. The van der Waals surface area contributed by atoms with E-state index in [0.29, 0.717) is 17.9 Å². The van der Waals surface area contributed by atoms with Crippen molar-refractivity contribution in [1.82, 2.24) is 4.90 Å². The molecule has 0 N–H and O–H groups in total. The molecule has 0 saturated heterocycles. The molecule has 0 fully saturated rings. The predicted octanol–water partition coefficient (Wildman–Crippen LogP) is 3.56. The summed E-state index contributed by atoms with van der Waals surface area (Å²) in [6.45, 7) is 1.80. The molecule has 0 saturated carbocycles. The van der Waals surface area contributed by atoms with E-state index in [-0.39, 0.29) is 31.5 Å². The summed E-state index contributed by atoms with van der Waals surface area (Å²) >= 11 is 3.30. The fourth-order valence-corrected chi connectivity index (χ4v) is 2.44. The molecule has 0 atom stereocenters. The van der Waals surface area contributed by atoms with Crippen LogP contribution in [-0.4, -0.2) is 36.5 Å². The van der Waals surface area contributed by atoms with E-state index in [2.05, 4.69) is 15.9 Å². The zero-order valence-corrected chi connectivity index (χ0v) is 15.9. The summed E-state index contributed by atoms with van der Waals surface area (Å²) in [4.78, 5) is 25.4. The molecule has 0 bridgehead atoms. The lowest BCUT2D eigenvalue weighted by Gasteiger charge is -2.21. The highest BCUT2D eigenvalue weighted by Crippen LogP contribution is 2.16. The zero-order chi connectivity index (χ0) is 18.9. The van der Waals surface area contributed by atoms with Crippen molar-refractivity contribution in [2.75, 3.05) is 19.8 Å². The molecule has 0 unspecified atom stereocenters. The first-order valence-corrected chi connectivity index (χ1v) is 8.83. The van der Waals surface area contributed by atoms with Gasteiger partial charge in [0, 0.05) is 17.6 Å². The smallest absolute Gasteiger partial charge is 0.344 e. The average molecular weight is 424 g/mol. The standard InChI is InChI=1S/C19H19BrFNO4/c1-2-22(11-14-4-3-5-16(21)10-14)18(23)12-26-19(24)13-25-17-8-6-15(20)7-9-17/h3-10H,2,11-13H2,1H3. The van der Waals surface area contributed by atoms with Crippen molar-refractivity contribution >= 4 is 27.8 Å². The molecule has 0 radical (unpaired) electrons. The number of halogens is 2. The lowest BCUT2D eigenvalue weighted by Crippen LogP contribution is -2.34. The van der Waals surface area contributed by atoms with E-state index < -0.39 is 5.97 Å². The van der Waals surface area contributed by atoms with Crippen LogP contribution in [-0.2, 0) is 20.9 Å². The van der Waals surface area contributed by atoms with Gasteiger partial charge in [0.15, 0.2) is 13.2 Å². The zero-order valence-electron chi connectivity index (χ0n) is 14.3. The van der Waals surface area contributed by atoms with Crippen molar-refractivity contribution in [3.63, 3.8) is 0 Å². The summed E-state index contributed by atoms with van der Waals surface area (Å²) < 4.78 is 24.4. The Morgan fingerprint density at radius 2 is 1.85 bits per heavy atom. The third-order valence-corrected chi connectivity index (χ3v) is 4.05. The Morgan fingerprint density at radius 3 is 2.50 bits per heavy atom. The van der Waals surface area contributed by atoms with Gasteiger partial charge in [-0.3, -0.25) is 4.79 Å². The molecule has 2 aromatic rings. The summed E-state index contributed by atoms with van der Waals surface area (Å²) in [6.07, 6.45) is 0. The molecule has 2 rings (SSSR count). The van der Waals surface area contributed by atoms with Crippen molar-refractivity contribution in [3.05, 3.63) is 64.4 Å². The molecule has 0 aromatic heterocycles. The number of carbonyl (C=O) groups excluding carboxylic acids is 2. The largest absolute Gasteiger partial charge is 0.482 e. The Labute approximate surface area is 159 Å². The maximum atomic E-state index is 13.2. The topological polar surface area (TPSA) is 55.8 Å². The Hall–Kier alpha value is -2.41. The number of nitrogens with zero attached hydrogens (tertiary/aromatic N) is 1. The Balaban J connectivity index is 1.78. The van der Waals surface area contributed by atoms with Crippen LogP contribution < -0.4 is 4.74 Å². The number of benzene rings is 2. The Bertz CT molecular complexity index is 751. The van der Waals surface area contributed by atoms with Gasteiger partial charge in [0.25, 0.3) is 5.91 Å². The first-order valence-electron chi connectivity index (χ1n) is 8.04. The molecule has 0 aliphatic heterocycles. The molecule has 2 aromatic carbocycles. The molecular weight excluding hydrogens is 405 g/mol. The lowest BCUT2D eigenvalue weighted by atomic mass is 10.2. The summed E-state index contributed by atoms with van der Waals surface area (Å²) in [7, 11) is 0. The quantitative estimate of drug-likeness (QED) is 0.609. The van der Waals surface area contributed by atoms with Gasteiger partial charge >= 0.3 is 5.97 Å². The number of esters is 1. The maximum Gasteiger partial charge on any atom is 0.344 e. The van der Waals surface area contributed by atoms with Crippen LogP contribution in [0.15, 0.2) is 53.0 Å². The van der Waals surface area contributed by atoms with Crippen LogP contribution in [0.5, 0.6) is 5.75 Å². The molecule has 1 amide bonds. The molecule has 5 nitrogen and oxygen atoms in total. The molecular formula is C19H19BrFNO4. The van der Waals surface area contributed by atoms with Gasteiger partial charge in [-0.15, -0.1) is 0 Å². The van der Waals surface area contributed by atoms with E-state index in [9.17, 15) is 14.0 Å². The SMILES string of the molecule is CCN(Cc1cccc(F)c1)C(=O)COC(=O)COc1ccc(Br)cc1. The van der Waals surface area contributed by atoms with E-state index in [1.165, 1.54) is 17.0 Å². The summed E-state index contributed by atoms with van der Waals surface area (Å²) in [5, 5.41) is 0. The number of hydrogen-bond donors (Lipinski definition) is 0. The molecule has 0 spiro atoms. The van der Waals surface area contributed by atoms with Gasteiger partial charge in [-0.2, -0.15) is 0 Å². The van der Waals surface area contributed by atoms with Crippen LogP contribution in [0.2, 0.25) is 0 Å².